The Hall–Kier alpha value is -0.640. The lowest BCUT2D eigenvalue weighted by atomic mass is 10.0. The number of halogens is 2. The summed E-state index contributed by atoms with van der Waals surface area (Å²) in [5.74, 6) is 1.16. The van der Waals surface area contributed by atoms with Crippen molar-refractivity contribution in [2.24, 2.45) is 0 Å². The summed E-state index contributed by atoms with van der Waals surface area (Å²) in [6, 6.07) is 5.88. The highest BCUT2D eigenvalue weighted by Gasteiger charge is 2.16. The van der Waals surface area contributed by atoms with Gasteiger partial charge < -0.3 is 4.57 Å². The third kappa shape index (κ3) is 13.4. The molecule has 1 atom stereocenters. The number of hydrogen-bond acceptors (Lipinski definition) is 2. The average molecular weight is 526 g/mol. The van der Waals surface area contributed by atoms with Crippen molar-refractivity contribution in [3.05, 3.63) is 52.5 Å². The highest BCUT2D eigenvalue weighted by molar-refractivity contribution is 7.99. The van der Waals surface area contributed by atoms with Gasteiger partial charge in [-0.25, -0.2) is 4.98 Å². The fourth-order valence-electron chi connectivity index (χ4n) is 4.47. The Labute approximate surface area is 223 Å². The SMILES string of the molecule is CCCCCCCCCCCCCCCCCCSC(Cn1ccnc1)c1ccc(Cl)cc1Cl. The van der Waals surface area contributed by atoms with Crippen molar-refractivity contribution in [1.82, 2.24) is 9.55 Å². The van der Waals surface area contributed by atoms with Gasteiger partial charge in [0.05, 0.1) is 6.33 Å². The van der Waals surface area contributed by atoms with Crippen molar-refractivity contribution in [3.8, 4) is 0 Å². The lowest BCUT2D eigenvalue weighted by Gasteiger charge is -2.19. The Bertz CT molecular complexity index is 736. The number of unbranched alkanes of at least 4 members (excludes halogenated alkanes) is 15. The lowest BCUT2D eigenvalue weighted by Crippen LogP contribution is -2.06. The van der Waals surface area contributed by atoms with Gasteiger partial charge in [-0.15, -0.1) is 0 Å². The molecule has 5 heteroatoms. The van der Waals surface area contributed by atoms with E-state index >= 15 is 0 Å². The zero-order chi connectivity index (χ0) is 24.3. The van der Waals surface area contributed by atoms with Gasteiger partial charge >= 0.3 is 0 Å². The summed E-state index contributed by atoms with van der Waals surface area (Å²) >= 11 is 14.6. The summed E-state index contributed by atoms with van der Waals surface area (Å²) in [4.78, 5) is 4.19. The molecule has 1 heterocycles. The number of rotatable bonds is 21. The fourth-order valence-corrected chi connectivity index (χ4v) is 6.39. The number of thioether (sulfide) groups is 1. The number of nitrogens with zero attached hydrogens (tertiary/aromatic N) is 2. The maximum Gasteiger partial charge on any atom is 0.0946 e. The van der Waals surface area contributed by atoms with Gasteiger partial charge in [0.2, 0.25) is 0 Å². The molecule has 0 N–H and O–H groups in total. The van der Waals surface area contributed by atoms with Crippen molar-refractivity contribution in [1.29, 1.82) is 0 Å². The zero-order valence-electron chi connectivity index (χ0n) is 21.3. The summed E-state index contributed by atoms with van der Waals surface area (Å²) in [7, 11) is 0. The van der Waals surface area contributed by atoms with Gasteiger partial charge in [-0.3, -0.25) is 0 Å². The van der Waals surface area contributed by atoms with Gasteiger partial charge in [0, 0.05) is 34.2 Å². The fraction of sp³-hybridized carbons (Fsp3) is 0.690. The van der Waals surface area contributed by atoms with Gasteiger partial charge in [-0.1, -0.05) is 133 Å². The minimum Gasteiger partial charge on any atom is -0.336 e. The van der Waals surface area contributed by atoms with Crippen LogP contribution >= 0.6 is 35.0 Å². The second-order valence-electron chi connectivity index (χ2n) is 9.59. The quantitative estimate of drug-likeness (QED) is 0.151. The molecule has 1 aromatic carbocycles. The summed E-state index contributed by atoms with van der Waals surface area (Å²) in [5, 5.41) is 1.77. The van der Waals surface area contributed by atoms with E-state index in [2.05, 4.69) is 22.5 Å². The molecule has 0 aliphatic heterocycles. The van der Waals surface area contributed by atoms with E-state index in [4.69, 9.17) is 23.2 Å². The normalized spacial score (nSPS) is 12.3. The van der Waals surface area contributed by atoms with Crippen LogP contribution in [0.5, 0.6) is 0 Å². The van der Waals surface area contributed by atoms with Crippen LogP contribution < -0.4 is 0 Å². The molecule has 2 nitrogen and oxygen atoms in total. The third-order valence-electron chi connectivity index (χ3n) is 6.56. The van der Waals surface area contributed by atoms with Crippen LogP contribution in [0.1, 0.15) is 120 Å². The Kier molecular flexibility index (Phi) is 17.0. The average Bonchev–Trinajstić information content (AvgIpc) is 3.34. The molecule has 1 aromatic heterocycles. The molecule has 34 heavy (non-hydrogen) atoms. The van der Waals surface area contributed by atoms with Crippen LogP contribution in [0.4, 0.5) is 0 Å². The van der Waals surface area contributed by atoms with E-state index in [0.29, 0.717) is 10.3 Å². The van der Waals surface area contributed by atoms with Crippen LogP contribution in [-0.4, -0.2) is 15.3 Å². The van der Waals surface area contributed by atoms with Crippen LogP contribution in [0, 0.1) is 0 Å². The second kappa shape index (κ2) is 19.5. The summed E-state index contributed by atoms with van der Waals surface area (Å²) < 4.78 is 2.14. The van der Waals surface area contributed by atoms with Crippen LogP contribution in [0.25, 0.3) is 0 Å². The molecule has 0 spiro atoms. The van der Waals surface area contributed by atoms with E-state index in [-0.39, 0.29) is 0 Å². The smallest absolute Gasteiger partial charge is 0.0946 e. The Balaban J connectivity index is 1.49. The standard InChI is InChI=1S/C29H46Cl2N2S/c1-2-3-4-5-6-7-8-9-10-11-12-13-14-15-16-17-22-34-29(24-33-21-20-32-25-33)27-19-18-26(30)23-28(27)31/h18-21,23,25,29H,2-17,22,24H2,1H3. The van der Waals surface area contributed by atoms with E-state index < -0.39 is 0 Å². The van der Waals surface area contributed by atoms with E-state index in [9.17, 15) is 0 Å². The first kappa shape index (κ1) is 29.6. The first-order valence-corrected chi connectivity index (χ1v) is 15.5. The molecule has 0 aliphatic rings. The molecule has 0 bridgehead atoms. The lowest BCUT2D eigenvalue weighted by molar-refractivity contribution is 0.531. The van der Waals surface area contributed by atoms with Crippen molar-refractivity contribution >= 4 is 35.0 Å². The van der Waals surface area contributed by atoms with Gasteiger partial charge in [0.25, 0.3) is 0 Å². The van der Waals surface area contributed by atoms with Crippen LogP contribution in [0.15, 0.2) is 36.9 Å². The van der Waals surface area contributed by atoms with E-state index in [0.717, 1.165) is 17.3 Å². The van der Waals surface area contributed by atoms with Crippen LogP contribution in [0.3, 0.4) is 0 Å². The van der Waals surface area contributed by atoms with Crippen molar-refractivity contribution in [3.63, 3.8) is 0 Å². The minimum absolute atomic E-state index is 0.315. The topological polar surface area (TPSA) is 17.8 Å². The van der Waals surface area contributed by atoms with Crippen LogP contribution in [0.2, 0.25) is 10.0 Å². The monoisotopic (exact) mass is 524 g/mol. The van der Waals surface area contributed by atoms with Crippen molar-refractivity contribution in [2.75, 3.05) is 5.75 Å². The molecule has 2 aromatic rings. The molecule has 0 saturated carbocycles. The van der Waals surface area contributed by atoms with Gasteiger partial charge in [0.15, 0.2) is 0 Å². The summed E-state index contributed by atoms with van der Waals surface area (Å²) in [6.07, 6.45) is 28.3. The Morgan fingerprint density at radius 1 is 0.794 bits per heavy atom. The molecule has 1 unspecified atom stereocenters. The first-order chi connectivity index (χ1) is 16.7. The summed E-state index contributed by atoms with van der Waals surface area (Å²) in [5.41, 5.74) is 1.17. The molecular formula is C29H46Cl2N2S. The number of hydrogen-bond donors (Lipinski definition) is 0. The number of benzene rings is 1. The largest absolute Gasteiger partial charge is 0.336 e. The third-order valence-corrected chi connectivity index (χ3v) is 8.45. The van der Waals surface area contributed by atoms with Crippen LogP contribution in [-0.2, 0) is 6.54 Å². The molecule has 0 saturated heterocycles. The molecule has 0 fully saturated rings. The molecule has 2 rings (SSSR count). The first-order valence-electron chi connectivity index (χ1n) is 13.7. The van der Waals surface area contributed by atoms with Gasteiger partial charge in [-0.2, -0.15) is 11.8 Å². The minimum atomic E-state index is 0.315. The maximum atomic E-state index is 6.52. The van der Waals surface area contributed by atoms with E-state index in [1.165, 1.54) is 108 Å². The zero-order valence-corrected chi connectivity index (χ0v) is 23.7. The van der Waals surface area contributed by atoms with Crippen molar-refractivity contribution in [2.45, 2.75) is 121 Å². The van der Waals surface area contributed by atoms with Gasteiger partial charge in [-0.05, 0) is 29.9 Å². The molecule has 0 amide bonds. The molecule has 192 valence electrons. The van der Waals surface area contributed by atoms with E-state index in [1.807, 2.05) is 42.6 Å². The molecule has 0 radical (unpaired) electrons. The molecular weight excluding hydrogens is 479 g/mol. The number of imidazole rings is 1. The van der Waals surface area contributed by atoms with Crippen molar-refractivity contribution < 1.29 is 0 Å². The summed E-state index contributed by atoms with van der Waals surface area (Å²) in [6.45, 7) is 3.17. The highest BCUT2D eigenvalue weighted by Crippen LogP contribution is 2.36. The van der Waals surface area contributed by atoms with Gasteiger partial charge in [0.1, 0.15) is 0 Å². The highest BCUT2D eigenvalue weighted by atomic mass is 35.5. The second-order valence-corrected chi connectivity index (χ2v) is 11.7. The predicted octanol–water partition coefficient (Wildman–Crippen LogP) is 10.9. The number of aromatic nitrogens is 2. The molecule has 0 aliphatic carbocycles. The Morgan fingerprint density at radius 3 is 1.85 bits per heavy atom. The predicted molar refractivity (Wildman–Crippen MR) is 153 cm³/mol. The van der Waals surface area contributed by atoms with E-state index in [1.54, 1.807) is 0 Å². The maximum absolute atomic E-state index is 6.52. The Morgan fingerprint density at radius 2 is 1.35 bits per heavy atom.